The normalized spacial score (nSPS) is 38.2. The summed E-state index contributed by atoms with van der Waals surface area (Å²) in [5.74, 6) is -3.22. The number of carbonyl (C=O) groups is 2. The van der Waals surface area contributed by atoms with Crippen LogP contribution < -0.4 is 16.8 Å². The van der Waals surface area contributed by atoms with Crippen LogP contribution in [-0.2, 0) is 4.79 Å². The van der Waals surface area contributed by atoms with Crippen molar-refractivity contribution in [3.05, 3.63) is 0 Å². The Hall–Kier alpha value is -2.64. The van der Waals surface area contributed by atoms with Gasteiger partial charge in [-0.2, -0.15) is 0 Å². The maximum atomic E-state index is 12.2. The average molecular weight is 368 g/mol. The average Bonchev–Trinajstić information content (AvgIpc) is 3.09. The number of aliphatic imine (C=N–C) groups is 2. The Balaban J connectivity index is 1.74. The zero-order chi connectivity index (χ0) is 19.0. The molecule has 4 heterocycles. The Bertz CT molecular complexity index is 753. The number of amides is 3. The molecule has 142 valence electrons. The summed E-state index contributed by atoms with van der Waals surface area (Å²) < 4.78 is 0. The summed E-state index contributed by atoms with van der Waals surface area (Å²) in [6.45, 7) is -0.418. The second-order valence-corrected chi connectivity index (χ2v) is 6.90. The highest BCUT2D eigenvalue weighted by Crippen LogP contribution is 2.44. The number of likely N-dealkylation sites (N-methyl/N-ethyl adjacent to an activating group) is 1. The molecule has 8 N–H and O–H groups in total. The minimum atomic E-state index is -2.64. The smallest absolute Gasteiger partial charge is 0.327 e. The lowest BCUT2D eigenvalue weighted by Gasteiger charge is -2.48. The molecular weight excluding hydrogens is 348 g/mol. The van der Waals surface area contributed by atoms with Crippen LogP contribution in [0.4, 0.5) is 4.79 Å². The number of aliphatic hydroxyl groups is 3. The van der Waals surface area contributed by atoms with Crippen LogP contribution in [0.5, 0.6) is 0 Å². The summed E-state index contributed by atoms with van der Waals surface area (Å²) in [5, 5.41) is 34.0. The van der Waals surface area contributed by atoms with Gasteiger partial charge in [0.2, 0.25) is 11.7 Å². The molecule has 2 fully saturated rings. The van der Waals surface area contributed by atoms with E-state index in [0.29, 0.717) is 0 Å². The first-order valence-electron chi connectivity index (χ1n) is 8.00. The molecule has 1 spiro atoms. The molecule has 13 heteroatoms. The lowest BCUT2D eigenvalue weighted by atomic mass is 9.85. The fourth-order valence-corrected chi connectivity index (χ4v) is 4.10. The van der Waals surface area contributed by atoms with Crippen LogP contribution in [0.15, 0.2) is 9.98 Å². The van der Waals surface area contributed by atoms with Crippen LogP contribution >= 0.6 is 0 Å². The zero-order valence-corrected chi connectivity index (χ0v) is 13.9. The van der Waals surface area contributed by atoms with Crippen LogP contribution in [0.25, 0.3) is 0 Å². The van der Waals surface area contributed by atoms with Crippen LogP contribution in [0.1, 0.15) is 0 Å². The molecule has 4 aliphatic heterocycles. The fourth-order valence-electron chi connectivity index (χ4n) is 4.10. The Morgan fingerprint density at radius 3 is 2.62 bits per heavy atom. The van der Waals surface area contributed by atoms with Crippen LogP contribution in [0, 0.1) is 0 Å². The molecule has 0 aliphatic carbocycles. The lowest BCUT2D eigenvalue weighted by Crippen LogP contribution is -2.77. The molecule has 3 amide bonds. The van der Waals surface area contributed by atoms with E-state index >= 15 is 0 Å². The number of aliphatic hydroxyl groups excluding tert-OH is 1. The van der Waals surface area contributed by atoms with E-state index in [1.54, 1.807) is 0 Å². The Morgan fingerprint density at radius 1 is 1.31 bits per heavy atom. The van der Waals surface area contributed by atoms with Gasteiger partial charge < -0.3 is 41.9 Å². The number of guanidine groups is 2. The van der Waals surface area contributed by atoms with Crippen molar-refractivity contribution in [3.63, 3.8) is 0 Å². The number of imide groups is 1. The topological polar surface area (TPSA) is 193 Å². The highest BCUT2D eigenvalue weighted by molar-refractivity contribution is 6.02. The molecule has 4 rings (SSSR count). The molecule has 0 unspecified atom stereocenters. The van der Waals surface area contributed by atoms with Crippen molar-refractivity contribution in [1.29, 1.82) is 0 Å². The number of nitrogens with two attached hydrogens (primary N) is 2. The summed E-state index contributed by atoms with van der Waals surface area (Å²) in [5.41, 5.74) is 9.99. The monoisotopic (exact) mass is 368 g/mol. The van der Waals surface area contributed by atoms with Gasteiger partial charge in [-0.1, -0.05) is 0 Å². The minimum absolute atomic E-state index is 0.0566. The lowest BCUT2D eigenvalue weighted by molar-refractivity contribution is -0.257. The molecule has 13 nitrogen and oxygen atoms in total. The summed E-state index contributed by atoms with van der Waals surface area (Å²) in [6.07, 6.45) is -1.56. The van der Waals surface area contributed by atoms with Gasteiger partial charge in [0.15, 0.2) is 17.6 Å². The predicted molar refractivity (Wildman–Crippen MR) is 86.3 cm³/mol. The number of hydrogen-bond donors (Lipinski definition) is 6. The Morgan fingerprint density at radius 2 is 2.00 bits per heavy atom. The van der Waals surface area contributed by atoms with Gasteiger partial charge in [-0.05, 0) is 0 Å². The maximum Gasteiger partial charge on any atom is 0.327 e. The van der Waals surface area contributed by atoms with Crippen molar-refractivity contribution >= 4 is 23.9 Å². The van der Waals surface area contributed by atoms with Gasteiger partial charge in [-0.15, -0.1) is 0 Å². The Labute approximate surface area is 147 Å². The number of nitrogens with one attached hydrogen (secondary N) is 1. The largest absolute Gasteiger partial charge is 0.385 e. The molecule has 0 aromatic rings. The molecule has 0 aromatic heterocycles. The second-order valence-electron chi connectivity index (χ2n) is 6.90. The molecular formula is C13H20N8O5. The van der Waals surface area contributed by atoms with Crippen molar-refractivity contribution in [1.82, 2.24) is 20.0 Å². The van der Waals surface area contributed by atoms with Gasteiger partial charge >= 0.3 is 6.03 Å². The van der Waals surface area contributed by atoms with Crippen molar-refractivity contribution < 1.29 is 24.9 Å². The number of hydrogen-bond acceptors (Lipinski definition) is 11. The summed E-state index contributed by atoms with van der Waals surface area (Å²) >= 11 is 0. The first-order chi connectivity index (χ1) is 12.1. The highest BCUT2D eigenvalue weighted by Gasteiger charge is 2.73. The number of nitrogens with zero attached hydrogens (tertiary/aromatic N) is 5. The van der Waals surface area contributed by atoms with E-state index in [9.17, 15) is 24.9 Å². The molecule has 4 aliphatic rings. The third-order valence-corrected chi connectivity index (χ3v) is 5.37. The van der Waals surface area contributed by atoms with Crippen LogP contribution in [0.3, 0.4) is 0 Å². The Kier molecular flexibility index (Phi) is 3.21. The van der Waals surface area contributed by atoms with E-state index in [1.165, 1.54) is 16.8 Å². The summed E-state index contributed by atoms with van der Waals surface area (Å²) in [4.78, 5) is 36.3. The maximum absolute atomic E-state index is 12.2. The van der Waals surface area contributed by atoms with Gasteiger partial charge in [0, 0.05) is 7.05 Å². The van der Waals surface area contributed by atoms with Crippen molar-refractivity contribution in [3.8, 4) is 0 Å². The SMILES string of the molecule is CN1CC(=O)N(C[C@@H]2N=C(N)N3C[C@H](O)C(O)(O)[C@@]34NC(N)=N[C@@H]24)C1=O. The van der Waals surface area contributed by atoms with Gasteiger partial charge in [-0.3, -0.25) is 9.69 Å². The van der Waals surface area contributed by atoms with Crippen molar-refractivity contribution in [2.45, 2.75) is 29.6 Å². The van der Waals surface area contributed by atoms with Gasteiger partial charge in [0.25, 0.3) is 0 Å². The first-order valence-corrected chi connectivity index (χ1v) is 8.00. The summed E-state index contributed by atoms with van der Waals surface area (Å²) in [7, 11) is 1.50. The minimum Gasteiger partial charge on any atom is -0.385 e. The number of rotatable bonds is 2. The first kappa shape index (κ1) is 16.8. The standard InChI is InChI=1S/C13H20N8O5/c1-19-4-7(23)20(11(19)24)2-5-8-12(18-9(14)17-8)13(25,26)6(22)3-21(12)10(15)16-5/h5-6,8,22,25-26H,2-4H2,1H3,(H2,15,16)(H3,14,17,18)/t5-,6-,8-,12-/m0/s1. The van der Waals surface area contributed by atoms with E-state index in [0.717, 1.165) is 4.90 Å². The van der Waals surface area contributed by atoms with E-state index in [4.69, 9.17) is 11.5 Å². The van der Waals surface area contributed by atoms with Crippen molar-refractivity contribution in [2.75, 3.05) is 26.7 Å². The van der Waals surface area contributed by atoms with Crippen LogP contribution in [0.2, 0.25) is 0 Å². The highest BCUT2D eigenvalue weighted by atomic mass is 16.5. The van der Waals surface area contributed by atoms with Gasteiger partial charge in [-0.25, -0.2) is 14.8 Å². The molecule has 26 heavy (non-hydrogen) atoms. The van der Waals surface area contributed by atoms with Gasteiger partial charge in [0.1, 0.15) is 18.7 Å². The van der Waals surface area contributed by atoms with Crippen molar-refractivity contribution in [2.24, 2.45) is 21.5 Å². The molecule has 2 saturated heterocycles. The molecule has 4 atom stereocenters. The number of urea groups is 1. The fraction of sp³-hybridized carbons (Fsp3) is 0.692. The molecule has 0 bridgehead atoms. The number of carbonyl (C=O) groups excluding carboxylic acids is 2. The van der Waals surface area contributed by atoms with E-state index in [2.05, 4.69) is 15.3 Å². The third-order valence-electron chi connectivity index (χ3n) is 5.37. The van der Waals surface area contributed by atoms with E-state index < -0.39 is 41.6 Å². The van der Waals surface area contributed by atoms with E-state index in [-0.39, 0.29) is 31.6 Å². The van der Waals surface area contributed by atoms with Crippen LogP contribution in [-0.4, -0.2) is 110 Å². The third kappa shape index (κ3) is 1.84. The van der Waals surface area contributed by atoms with E-state index in [1.807, 2.05) is 0 Å². The second kappa shape index (κ2) is 4.96. The zero-order valence-electron chi connectivity index (χ0n) is 13.9. The molecule has 0 saturated carbocycles. The predicted octanol–water partition coefficient (Wildman–Crippen LogP) is -5.08. The molecule has 0 radical (unpaired) electrons. The van der Waals surface area contributed by atoms with Gasteiger partial charge in [0.05, 0.1) is 19.1 Å². The molecule has 0 aromatic carbocycles. The summed E-state index contributed by atoms with van der Waals surface area (Å²) in [6, 6.07) is -2.36. The quantitative estimate of drug-likeness (QED) is 0.204.